The number of thiazole rings is 1. The van der Waals surface area contributed by atoms with Crippen LogP contribution in [0.2, 0.25) is 0 Å². The fourth-order valence-corrected chi connectivity index (χ4v) is 3.83. The van der Waals surface area contributed by atoms with Crippen molar-refractivity contribution in [2.45, 2.75) is 17.8 Å². The smallest absolute Gasteiger partial charge is 0.191 e. The van der Waals surface area contributed by atoms with Crippen molar-refractivity contribution in [3.05, 3.63) is 35.6 Å². The molecule has 0 radical (unpaired) electrons. The van der Waals surface area contributed by atoms with Crippen molar-refractivity contribution in [1.29, 1.82) is 0 Å². The molecule has 0 spiro atoms. The van der Waals surface area contributed by atoms with E-state index < -0.39 is 0 Å². The van der Waals surface area contributed by atoms with Crippen LogP contribution in [0, 0.1) is 0 Å². The lowest BCUT2D eigenvalue weighted by Gasteiger charge is -2.09. The number of aryl methyl sites for hydroxylation is 1. The van der Waals surface area contributed by atoms with Crippen LogP contribution < -0.4 is 9.47 Å². The van der Waals surface area contributed by atoms with E-state index in [0.717, 1.165) is 38.7 Å². The molecule has 0 amide bonds. The van der Waals surface area contributed by atoms with Crippen LogP contribution in [0.3, 0.4) is 0 Å². The van der Waals surface area contributed by atoms with Gasteiger partial charge in [0.1, 0.15) is 11.3 Å². The second-order valence-corrected chi connectivity index (χ2v) is 6.76. The zero-order valence-corrected chi connectivity index (χ0v) is 15.4. The summed E-state index contributed by atoms with van der Waals surface area (Å²) in [7, 11) is 3.58. The Hall–Kier alpha value is -2.06. The highest BCUT2D eigenvalue weighted by atomic mass is 32.2. The monoisotopic (exact) mass is 362 g/mol. The Labute approximate surface area is 148 Å². The van der Waals surface area contributed by atoms with Crippen molar-refractivity contribution < 1.29 is 9.47 Å². The topological polar surface area (TPSA) is 62.1 Å². The maximum Gasteiger partial charge on any atom is 0.191 e. The Kier molecular flexibility index (Phi) is 5.37. The molecule has 0 atom stereocenters. The molecule has 2 heterocycles. The third-order valence-corrected chi connectivity index (χ3v) is 5.29. The van der Waals surface area contributed by atoms with Crippen molar-refractivity contribution in [1.82, 2.24) is 19.7 Å². The normalized spacial score (nSPS) is 10.8. The van der Waals surface area contributed by atoms with Crippen LogP contribution >= 0.6 is 23.1 Å². The Bertz CT molecular complexity index is 816. The van der Waals surface area contributed by atoms with Crippen molar-refractivity contribution in [3.63, 3.8) is 0 Å². The summed E-state index contributed by atoms with van der Waals surface area (Å²) in [5.41, 5.74) is 2.05. The van der Waals surface area contributed by atoms with Crippen LogP contribution in [0.25, 0.3) is 10.6 Å². The molecule has 0 aliphatic rings. The summed E-state index contributed by atoms with van der Waals surface area (Å²) in [5, 5.41) is 11.9. The van der Waals surface area contributed by atoms with Crippen molar-refractivity contribution in [2.24, 2.45) is 7.05 Å². The minimum Gasteiger partial charge on any atom is -0.493 e. The van der Waals surface area contributed by atoms with E-state index in [0.29, 0.717) is 6.61 Å². The fraction of sp³-hybridized carbons (Fsp3) is 0.312. The van der Waals surface area contributed by atoms with Crippen LogP contribution in [0.15, 0.2) is 35.1 Å². The maximum atomic E-state index is 5.55. The molecule has 8 heteroatoms. The van der Waals surface area contributed by atoms with Crippen molar-refractivity contribution >= 4 is 23.1 Å². The summed E-state index contributed by atoms with van der Waals surface area (Å²) in [6, 6.07) is 5.89. The molecule has 0 aliphatic carbocycles. The van der Waals surface area contributed by atoms with Gasteiger partial charge in [-0.05, 0) is 25.1 Å². The second kappa shape index (κ2) is 7.67. The van der Waals surface area contributed by atoms with Gasteiger partial charge in [-0.1, -0.05) is 11.8 Å². The highest BCUT2D eigenvalue weighted by molar-refractivity contribution is 7.98. The number of benzene rings is 1. The van der Waals surface area contributed by atoms with Gasteiger partial charge >= 0.3 is 0 Å². The van der Waals surface area contributed by atoms with E-state index >= 15 is 0 Å². The summed E-state index contributed by atoms with van der Waals surface area (Å²) >= 11 is 3.24. The zero-order valence-electron chi connectivity index (χ0n) is 13.7. The summed E-state index contributed by atoms with van der Waals surface area (Å²) in [5.74, 6) is 2.23. The maximum absolute atomic E-state index is 5.55. The number of hydrogen-bond acceptors (Lipinski definition) is 7. The molecule has 0 unspecified atom stereocenters. The standard InChI is InChI=1S/C16H18N4O2S2/c1-4-22-13-6-5-11(7-14(13)21-3)15-18-12(8-23-15)9-24-16-19-17-10-20(16)2/h5-8,10H,4,9H2,1-3H3. The molecule has 1 aromatic carbocycles. The summed E-state index contributed by atoms with van der Waals surface area (Å²) in [6.45, 7) is 2.56. The largest absolute Gasteiger partial charge is 0.493 e. The number of aromatic nitrogens is 4. The van der Waals surface area contributed by atoms with Gasteiger partial charge in [0.25, 0.3) is 0 Å². The van der Waals surface area contributed by atoms with Gasteiger partial charge in [-0.2, -0.15) is 0 Å². The van der Waals surface area contributed by atoms with E-state index in [1.54, 1.807) is 36.5 Å². The van der Waals surface area contributed by atoms with Gasteiger partial charge in [-0.25, -0.2) is 4.98 Å². The Balaban J connectivity index is 1.74. The van der Waals surface area contributed by atoms with Gasteiger partial charge in [0.2, 0.25) is 0 Å². The molecule has 0 saturated carbocycles. The second-order valence-electron chi connectivity index (χ2n) is 4.96. The SMILES string of the molecule is CCOc1ccc(-c2nc(CSc3nncn3C)cs2)cc1OC. The molecule has 24 heavy (non-hydrogen) atoms. The lowest BCUT2D eigenvalue weighted by molar-refractivity contribution is 0.311. The average molecular weight is 362 g/mol. The minimum absolute atomic E-state index is 0.608. The molecule has 3 aromatic rings. The van der Waals surface area contributed by atoms with Crippen LogP contribution in [-0.4, -0.2) is 33.5 Å². The first kappa shape index (κ1) is 16.8. The van der Waals surface area contributed by atoms with Crippen LogP contribution in [-0.2, 0) is 12.8 Å². The summed E-state index contributed by atoms with van der Waals surface area (Å²) < 4.78 is 12.9. The van der Waals surface area contributed by atoms with Gasteiger partial charge in [-0.15, -0.1) is 21.5 Å². The van der Waals surface area contributed by atoms with Gasteiger partial charge in [0, 0.05) is 23.7 Å². The first-order valence-electron chi connectivity index (χ1n) is 7.43. The molecule has 0 aliphatic heterocycles. The number of methoxy groups -OCH3 is 1. The molecule has 0 saturated heterocycles. The first-order chi connectivity index (χ1) is 11.7. The average Bonchev–Trinajstić information content (AvgIpc) is 3.22. The van der Waals surface area contributed by atoms with Gasteiger partial charge in [0.05, 0.1) is 19.4 Å². The van der Waals surface area contributed by atoms with Crippen molar-refractivity contribution in [2.75, 3.05) is 13.7 Å². The van der Waals surface area contributed by atoms with E-state index in [4.69, 9.17) is 14.5 Å². The third kappa shape index (κ3) is 3.70. The highest BCUT2D eigenvalue weighted by Gasteiger charge is 2.11. The molecule has 2 aromatic heterocycles. The number of ether oxygens (including phenoxy) is 2. The first-order valence-corrected chi connectivity index (χ1v) is 9.30. The lowest BCUT2D eigenvalue weighted by Crippen LogP contribution is -1.95. The Morgan fingerprint density at radius 2 is 2.17 bits per heavy atom. The number of thioether (sulfide) groups is 1. The molecule has 0 fully saturated rings. The molecule has 0 bridgehead atoms. The van der Waals surface area contributed by atoms with Crippen LogP contribution in [0.1, 0.15) is 12.6 Å². The minimum atomic E-state index is 0.608. The lowest BCUT2D eigenvalue weighted by atomic mass is 10.2. The molecule has 126 valence electrons. The van der Waals surface area contributed by atoms with Gasteiger partial charge in [-0.3, -0.25) is 0 Å². The van der Waals surface area contributed by atoms with Crippen LogP contribution in [0.5, 0.6) is 11.5 Å². The molecular weight excluding hydrogens is 344 g/mol. The number of rotatable bonds is 7. The predicted molar refractivity (Wildman–Crippen MR) is 95.8 cm³/mol. The third-order valence-electron chi connectivity index (χ3n) is 3.28. The predicted octanol–water partition coefficient (Wildman–Crippen LogP) is 3.64. The van der Waals surface area contributed by atoms with E-state index in [1.165, 1.54) is 0 Å². The van der Waals surface area contributed by atoms with Crippen molar-refractivity contribution in [3.8, 4) is 22.1 Å². The highest BCUT2D eigenvalue weighted by Crippen LogP contribution is 2.34. The van der Waals surface area contributed by atoms with Gasteiger partial charge < -0.3 is 14.0 Å². The molecule has 6 nitrogen and oxygen atoms in total. The Morgan fingerprint density at radius 1 is 1.29 bits per heavy atom. The van der Waals surface area contributed by atoms with Crippen LogP contribution in [0.4, 0.5) is 0 Å². The zero-order chi connectivity index (χ0) is 16.9. The fourth-order valence-electron chi connectivity index (χ4n) is 2.12. The van der Waals surface area contributed by atoms with E-state index in [1.807, 2.05) is 36.7 Å². The summed E-state index contributed by atoms with van der Waals surface area (Å²) in [4.78, 5) is 4.70. The Morgan fingerprint density at radius 3 is 2.88 bits per heavy atom. The van der Waals surface area contributed by atoms with Gasteiger partial charge in [0.15, 0.2) is 16.7 Å². The number of hydrogen-bond donors (Lipinski definition) is 0. The van der Waals surface area contributed by atoms with E-state index in [9.17, 15) is 0 Å². The van der Waals surface area contributed by atoms with E-state index in [2.05, 4.69) is 15.6 Å². The molecule has 0 N–H and O–H groups in total. The number of nitrogens with zero attached hydrogens (tertiary/aromatic N) is 4. The molecular formula is C16H18N4O2S2. The summed E-state index contributed by atoms with van der Waals surface area (Å²) in [6.07, 6.45) is 1.70. The quantitative estimate of drug-likeness (QED) is 0.598. The molecule has 3 rings (SSSR count). The van der Waals surface area contributed by atoms with E-state index in [-0.39, 0.29) is 0 Å².